The van der Waals surface area contributed by atoms with Crippen LogP contribution < -0.4 is 4.90 Å². The molecule has 0 saturated carbocycles. The van der Waals surface area contributed by atoms with E-state index in [2.05, 4.69) is 9.97 Å². The zero-order valence-electron chi connectivity index (χ0n) is 13.1. The molecule has 2 heterocycles. The van der Waals surface area contributed by atoms with Crippen molar-refractivity contribution in [1.29, 1.82) is 5.26 Å². The molecule has 1 amide bonds. The van der Waals surface area contributed by atoms with Crippen LogP contribution in [0.15, 0.2) is 47.1 Å². The van der Waals surface area contributed by atoms with Crippen molar-refractivity contribution in [1.82, 2.24) is 9.97 Å². The first-order valence-electron chi connectivity index (χ1n) is 7.43. The summed E-state index contributed by atoms with van der Waals surface area (Å²) in [5.74, 6) is -0.356. The fraction of sp³-hybridized carbons (Fsp3) is 0.176. The van der Waals surface area contributed by atoms with Gasteiger partial charge >= 0.3 is 0 Å². The predicted octanol–water partition coefficient (Wildman–Crippen LogP) is 3.87. The van der Waals surface area contributed by atoms with Gasteiger partial charge in [0.05, 0.1) is 18.2 Å². The summed E-state index contributed by atoms with van der Waals surface area (Å²) in [6, 6.07) is 9.64. The topological polar surface area (TPSA) is 69.9 Å². The van der Waals surface area contributed by atoms with Crippen molar-refractivity contribution in [3.05, 3.63) is 47.9 Å². The van der Waals surface area contributed by atoms with Gasteiger partial charge in [-0.2, -0.15) is 5.26 Å². The van der Waals surface area contributed by atoms with Gasteiger partial charge in [-0.25, -0.2) is 14.4 Å². The highest BCUT2D eigenvalue weighted by molar-refractivity contribution is 8.00. The van der Waals surface area contributed by atoms with Crippen LogP contribution >= 0.6 is 23.1 Å². The fourth-order valence-corrected chi connectivity index (χ4v) is 3.93. The number of amides is 1. The van der Waals surface area contributed by atoms with Crippen LogP contribution in [0.4, 0.5) is 10.1 Å². The first-order valence-corrected chi connectivity index (χ1v) is 9.29. The van der Waals surface area contributed by atoms with Gasteiger partial charge in [0.2, 0.25) is 5.91 Å². The number of aromatic nitrogens is 2. The number of benzene rings is 1. The maximum atomic E-state index is 13.1. The number of nitrogens with zero attached hydrogens (tertiary/aromatic N) is 4. The summed E-state index contributed by atoms with van der Waals surface area (Å²) < 4.78 is 13.1. The molecule has 126 valence electrons. The van der Waals surface area contributed by atoms with Crippen molar-refractivity contribution in [3.8, 4) is 6.07 Å². The largest absolute Gasteiger partial charge is 0.311 e. The standard InChI is InChI=1S/C17H13FN4OS2/c18-12-2-4-13(5-3-12)22(8-1-7-19)15(23)10-25-17-14-6-9-24-16(14)20-11-21-17/h2-6,9,11H,1,8,10H2. The van der Waals surface area contributed by atoms with E-state index in [1.165, 1.54) is 58.6 Å². The van der Waals surface area contributed by atoms with Crippen LogP contribution in [0.25, 0.3) is 10.2 Å². The minimum atomic E-state index is -0.369. The molecule has 0 aliphatic rings. The van der Waals surface area contributed by atoms with Gasteiger partial charge in [0.25, 0.3) is 0 Å². The van der Waals surface area contributed by atoms with Crippen molar-refractivity contribution < 1.29 is 9.18 Å². The summed E-state index contributed by atoms with van der Waals surface area (Å²) in [4.78, 5) is 23.5. The van der Waals surface area contributed by atoms with Gasteiger partial charge in [-0.15, -0.1) is 11.3 Å². The van der Waals surface area contributed by atoms with Crippen LogP contribution in [0.1, 0.15) is 6.42 Å². The first kappa shape index (κ1) is 17.3. The van der Waals surface area contributed by atoms with Crippen molar-refractivity contribution >= 4 is 44.9 Å². The second kappa shape index (κ2) is 8.05. The van der Waals surface area contributed by atoms with E-state index in [1.807, 2.05) is 17.5 Å². The molecular formula is C17H13FN4OS2. The van der Waals surface area contributed by atoms with Crippen LogP contribution in [0.5, 0.6) is 0 Å². The highest BCUT2D eigenvalue weighted by Gasteiger charge is 2.17. The number of carbonyl (C=O) groups is 1. The molecule has 5 nitrogen and oxygen atoms in total. The molecule has 0 aliphatic carbocycles. The maximum Gasteiger partial charge on any atom is 0.237 e. The Balaban J connectivity index is 1.75. The van der Waals surface area contributed by atoms with Gasteiger partial charge in [0.1, 0.15) is 22.0 Å². The van der Waals surface area contributed by atoms with Crippen molar-refractivity contribution in [3.63, 3.8) is 0 Å². The summed E-state index contributed by atoms with van der Waals surface area (Å²) >= 11 is 2.85. The summed E-state index contributed by atoms with van der Waals surface area (Å²) in [6.45, 7) is 0.263. The molecule has 0 fully saturated rings. The molecule has 3 aromatic rings. The Labute approximate surface area is 152 Å². The van der Waals surface area contributed by atoms with Gasteiger partial charge in [-0.05, 0) is 35.7 Å². The summed E-state index contributed by atoms with van der Waals surface area (Å²) in [6.07, 6.45) is 1.69. The number of halogens is 1. The van der Waals surface area contributed by atoms with Crippen LogP contribution in [0.3, 0.4) is 0 Å². The zero-order chi connectivity index (χ0) is 17.6. The third-order valence-corrected chi connectivity index (χ3v) is 5.25. The van der Waals surface area contributed by atoms with E-state index in [0.29, 0.717) is 5.69 Å². The second-order valence-corrected chi connectivity index (χ2v) is 6.90. The molecule has 0 aliphatic heterocycles. The average molecular weight is 372 g/mol. The van der Waals surface area contributed by atoms with Crippen molar-refractivity contribution in [2.24, 2.45) is 0 Å². The molecule has 1 aromatic carbocycles. The van der Waals surface area contributed by atoms with Crippen LogP contribution in [-0.2, 0) is 4.79 Å². The van der Waals surface area contributed by atoms with Gasteiger partial charge in [0.15, 0.2) is 0 Å². The lowest BCUT2D eigenvalue weighted by molar-refractivity contribution is -0.116. The second-order valence-electron chi connectivity index (χ2n) is 5.04. The Kier molecular flexibility index (Phi) is 5.58. The molecule has 0 atom stereocenters. The summed E-state index contributed by atoms with van der Waals surface area (Å²) in [5.41, 5.74) is 0.575. The van der Waals surface area contributed by atoms with Crippen LogP contribution in [-0.4, -0.2) is 28.2 Å². The minimum absolute atomic E-state index is 0.158. The van der Waals surface area contributed by atoms with E-state index in [0.717, 1.165) is 15.2 Å². The molecule has 0 N–H and O–H groups in total. The lowest BCUT2D eigenvalue weighted by atomic mass is 10.2. The molecule has 0 unspecified atom stereocenters. The summed E-state index contributed by atoms with van der Waals surface area (Å²) in [5, 5.41) is 12.4. The number of anilines is 1. The highest BCUT2D eigenvalue weighted by Crippen LogP contribution is 2.28. The summed E-state index contributed by atoms with van der Waals surface area (Å²) in [7, 11) is 0. The normalized spacial score (nSPS) is 10.6. The molecule has 0 spiro atoms. The first-order chi connectivity index (χ1) is 12.2. The van der Waals surface area contributed by atoms with E-state index in [-0.39, 0.29) is 30.4 Å². The van der Waals surface area contributed by atoms with Crippen LogP contribution in [0.2, 0.25) is 0 Å². The smallest absolute Gasteiger partial charge is 0.237 e. The monoisotopic (exact) mass is 372 g/mol. The van der Waals surface area contributed by atoms with E-state index in [9.17, 15) is 9.18 Å². The van der Waals surface area contributed by atoms with Crippen molar-refractivity contribution in [2.45, 2.75) is 11.4 Å². The molecule has 0 saturated heterocycles. The number of carbonyl (C=O) groups excluding carboxylic acids is 1. The van der Waals surface area contributed by atoms with Gasteiger partial charge < -0.3 is 4.90 Å². The third-order valence-electron chi connectivity index (χ3n) is 3.44. The van der Waals surface area contributed by atoms with Crippen LogP contribution in [0, 0.1) is 17.1 Å². The number of thiophene rings is 1. The number of thioether (sulfide) groups is 1. The zero-order valence-corrected chi connectivity index (χ0v) is 14.7. The Morgan fingerprint density at radius 3 is 2.84 bits per heavy atom. The van der Waals surface area contributed by atoms with Gasteiger partial charge in [-0.1, -0.05) is 11.8 Å². The minimum Gasteiger partial charge on any atom is -0.311 e. The quantitative estimate of drug-likeness (QED) is 0.485. The molecule has 2 aromatic heterocycles. The number of fused-ring (bicyclic) bond motifs is 1. The lowest BCUT2D eigenvalue weighted by Gasteiger charge is -2.21. The van der Waals surface area contributed by atoms with E-state index in [4.69, 9.17) is 5.26 Å². The molecular weight excluding hydrogens is 359 g/mol. The SMILES string of the molecule is N#CCCN(C(=O)CSc1ncnc2sccc12)c1ccc(F)cc1. The van der Waals surface area contributed by atoms with E-state index in [1.54, 1.807) is 0 Å². The Hall–Kier alpha value is -2.50. The fourth-order valence-electron chi connectivity index (χ4n) is 2.27. The Morgan fingerprint density at radius 2 is 2.08 bits per heavy atom. The van der Waals surface area contributed by atoms with E-state index >= 15 is 0 Å². The maximum absolute atomic E-state index is 13.1. The van der Waals surface area contributed by atoms with Gasteiger partial charge in [-0.3, -0.25) is 4.79 Å². The number of rotatable bonds is 6. The third kappa shape index (κ3) is 4.13. The molecule has 25 heavy (non-hydrogen) atoms. The average Bonchev–Trinajstić information content (AvgIpc) is 3.11. The lowest BCUT2D eigenvalue weighted by Crippen LogP contribution is -2.33. The Morgan fingerprint density at radius 1 is 1.28 bits per heavy atom. The highest BCUT2D eigenvalue weighted by atomic mass is 32.2. The molecule has 3 rings (SSSR count). The van der Waals surface area contributed by atoms with Crippen molar-refractivity contribution in [2.75, 3.05) is 17.2 Å². The molecule has 8 heteroatoms. The molecule has 0 bridgehead atoms. The predicted molar refractivity (Wildman–Crippen MR) is 97.1 cm³/mol. The number of hydrogen-bond donors (Lipinski definition) is 0. The number of nitriles is 1. The molecule has 0 radical (unpaired) electrons. The van der Waals surface area contributed by atoms with E-state index < -0.39 is 0 Å². The number of hydrogen-bond acceptors (Lipinski definition) is 6. The Bertz CT molecular complexity index is 920. The van der Waals surface area contributed by atoms with Gasteiger partial charge in [0, 0.05) is 17.6 Å².